The van der Waals surface area contributed by atoms with E-state index in [0.29, 0.717) is 22.5 Å². The van der Waals surface area contributed by atoms with Crippen molar-refractivity contribution in [2.24, 2.45) is 0 Å². The Bertz CT molecular complexity index is 625. The zero-order valence-electron chi connectivity index (χ0n) is 14.9. The topological polar surface area (TPSA) is 23.6 Å². The summed E-state index contributed by atoms with van der Waals surface area (Å²) >= 11 is 12.0. The first-order valence-corrected chi connectivity index (χ1v) is 9.60. The molecule has 25 heavy (non-hydrogen) atoms. The quantitative estimate of drug-likeness (QED) is 0.719. The van der Waals surface area contributed by atoms with Crippen LogP contribution in [0.2, 0.25) is 10.0 Å². The Balaban J connectivity index is 0.00000225. The largest absolute Gasteiger partial charge is 0.341 e. The van der Waals surface area contributed by atoms with E-state index in [0.717, 1.165) is 18.5 Å². The molecule has 3 rings (SSSR count). The molecule has 140 valence electrons. The molecule has 1 aromatic carbocycles. The Morgan fingerprint density at radius 3 is 2.60 bits per heavy atom. The number of amides is 1. The van der Waals surface area contributed by atoms with Crippen molar-refractivity contribution in [3.8, 4) is 0 Å². The SMILES string of the molecule is CN(C(=O)Cc1ccc(Cl)c(Cl)c1)[C@H]1CCCC[C@@]12CCCN2C.Cl. The number of hydrogen-bond acceptors (Lipinski definition) is 2. The third-order valence-electron chi connectivity index (χ3n) is 6.02. The monoisotopic (exact) mass is 404 g/mol. The molecule has 2 fully saturated rings. The molecular weight excluding hydrogens is 379 g/mol. The van der Waals surface area contributed by atoms with Gasteiger partial charge in [0.25, 0.3) is 0 Å². The molecule has 1 spiro atoms. The van der Waals surface area contributed by atoms with Crippen molar-refractivity contribution in [1.82, 2.24) is 9.80 Å². The zero-order valence-corrected chi connectivity index (χ0v) is 17.3. The van der Waals surface area contributed by atoms with Crippen molar-refractivity contribution >= 4 is 41.5 Å². The van der Waals surface area contributed by atoms with E-state index < -0.39 is 0 Å². The number of likely N-dealkylation sites (N-methyl/N-ethyl adjacent to an activating group) is 2. The van der Waals surface area contributed by atoms with Gasteiger partial charge >= 0.3 is 0 Å². The fraction of sp³-hybridized carbons (Fsp3) is 0.632. The standard InChI is InChI=1S/C19H26Cl2N2O.ClH/c1-22-11-5-10-19(22)9-4-3-6-17(19)23(2)18(24)13-14-7-8-15(20)16(21)12-14;/h7-8,12,17H,3-6,9-11,13H2,1-2H3;1H/t17-,19+;/m0./s1. The summed E-state index contributed by atoms with van der Waals surface area (Å²) in [5, 5.41) is 1.04. The number of likely N-dealkylation sites (tertiary alicyclic amines) is 1. The lowest BCUT2D eigenvalue weighted by Gasteiger charge is -2.50. The van der Waals surface area contributed by atoms with Gasteiger partial charge in [-0.1, -0.05) is 42.1 Å². The molecule has 0 bridgehead atoms. The van der Waals surface area contributed by atoms with Gasteiger partial charge in [0.05, 0.1) is 16.5 Å². The van der Waals surface area contributed by atoms with Gasteiger partial charge in [0.1, 0.15) is 0 Å². The highest BCUT2D eigenvalue weighted by molar-refractivity contribution is 6.42. The van der Waals surface area contributed by atoms with E-state index in [2.05, 4.69) is 11.9 Å². The summed E-state index contributed by atoms with van der Waals surface area (Å²) in [5.41, 5.74) is 1.10. The first kappa shape index (κ1) is 20.8. The number of rotatable bonds is 3. The molecule has 1 saturated heterocycles. The Morgan fingerprint density at radius 1 is 1.24 bits per heavy atom. The highest BCUT2D eigenvalue weighted by atomic mass is 35.5. The molecule has 2 atom stereocenters. The van der Waals surface area contributed by atoms with Crippen LogP contribution >= 0.6 is 35.6 Å². The predicted molar refractivity (Wildman–Crippen MR) is 107 cm³/mol. The van der Waals surface area contributed by atoms with E-state index in [1.807, 2.05) is 18.0 Å². The van der Waals surface area contributed by atoms with Gasteiger partial charge in [-0.3, -0.25) is 9.69 Å². The molecular formula is C19H27Cl3N2O. The molecule has 1 aromatic rings. The normalized spacial score (nSPS) is 26.5. The second kappa shape index (κ2) is 8.47. The second-order valence-corrected chi connectivity index (χ2v) is 8.13. The lowest BCUT2D eigenvalue weighted by atomic mass is 9.75. The van der Waals surface area contributed by atoms with Crippen molar-refractivity contribution in [3.05, 3.63) is 33.8 Å². The van der Waals surface area contributed by atoms with Crippen LogP contribution in [0.25, 0.3) is 0 Å². The molecule has 1 aliphatic carbocycles. The van der Waals surface area contributed by atoms with Crippen molar-refractivity contribution in [3.63, 3.8) is 0 Å². The molecule has 1 saturated carbocycles. The smallest absolute Gasteiger partial charge is 0.227 e. The van der Waals surface area contributed by atoms with Crippen LogP contribution in [0.3, 0.4) is 0 Å². The van der Waals surface area contributed by atoms with Crippen LogP contribution in [-0.4, -0.2) is 47.9 Å². The third kappa shape index (κ3) is 4.10. The molecule has 0 aromatic heterocycles. The summed E-state index contributed by atoms with van der Waals surface area (Å²) in [4.78, 5) is 17.4. The van der Waals surface area contributed by atoms with Crippen LogP contribution in [0.1, 0.15) is 44.1 Å². The highest BCUT2D eigenvalue weighted by Crippen LogP contribution is 2.43. The number of hydrogen-bond donors (Lipinski definition) is 0. The molecule has 0 radical (unpaired) electrons. The zero-order chi connectivity index (χ0) is 17.3. The van der Waals surface area contributed by atoms with Crippen molar-refractivity contribution in [2.75, 3.05) is 20.6 Å². The van der Waals surface area contributed by atoms with E-state index in [4.69, 9.17) is 23.2 Å². The number of carbonyl (C=O) groups excluding carboxylic acids is 1. The first-order chi connectivity index (χ1) is 11.4. The molecule has 6 heteroatoms. The fourth-order valence-corrected chi connectivity index (χ4v) is 4.97. The number of benzene rings is 1. The number of carbonyl (C=O) groups is 1. The van der Waals surface area contributed by atoms with E-state index in [1.165, 1.54) is 32.1 Å². The van der Waals surface area contributed by atoms with Crippen molar-refractivity contribution < 1.29 is 4.79 Å². The Kier molecular flexibility index (Phi) is 7.06. The van der Waals surface area contributed by atoms with E-state index in [-0.39, 0.29) is 23.9 Å². The maximum Gasteiger partial charge on any atom is 0.227 e. The lowest BCUT2D eigenvalue weighted by molar-refractivity contribution is -0.135. The Hall–Kier alpha value is -0.480. The lowest BCUT2D eigenvalue weighted by Crippen LogP contribution is -2.60. The van der Waals surface area contributed by atoms with Gasteiger partial charge in [0.2, 0.25) is 5.91 Å². The van der Waals surface area contributed by atoms with Crippen LogP contribution in [0, 0.1) is 0 Å². The highest BCUT2D eigenvalue weighted by Gasteiger charge is 2.48. The number of halogens is 3. The summed E-state index contributed by atoms with van der Waals surface area (Å²) < 4.78 is 0. The first-order valence-electron chi connectivity index (χ1n) is 8.85. The molecule has 1 amide bonds. The van der Waals surface area contributed by atoms with Gasteiger partial charge in [-0.25, -0.2) is 0 Å². The summed E-state index contributed by atoms with van der Waals surface area (Å²) in [7, 11) is 4.20. The maximum absolute atomic E-state index is 12.9. The van der Waals surface area contributed by atoms with Crippen LogP contribution in [0.15, 0.2) is 18.2 Å². The van der Waals surface area contributed by atoms with Gasteiger partial charge < -0.3 is 4.90 Å². The predicted octanol–water partition coefficient (Wildman–Crippen LogP) is 4.82. The van der Waals surface area contributed by atoms with E-state index in [1.54, 1.807) is 12.1 Å². The second-order valence-electron chi connectivity index (χ2n) is 7.32. The van der Waals surface area contributed by atoms with Gasteiger partial charge in [-0.2, -0.15) is 0 Å². The van der Waals surface area contributed by atoms with E-state index >= 15 is 0 Å². The van der Waals surface area contributed by atoms with Crippen molar-refractivity contribution in [2.45, 2.75) is 56.5 Å². The number of nitrogens with zero attached hydrogens (tertiary/aromatic N) is 2. The minimum atomic E-state index is 0. The van der Waals surface area contributed by atoms with Gasteiger partial charge in [0, 0.05) is 18.6 Å². The van der Waals surface area contributed by atoms with Gasteiger partial charge in [0.15, 0.2) is 0 Å². The van der Waals surface area contributed by atoms with Crippen LogP contribution in [0.5, 0.6) is 0 Å². The maximum atomic E-state index is 12.9. The molecule has 3 nitrogen and oxygen atoms in total. The average molecular weight is 406 g/mol. The Labute approximate surface area is 167 Å². The summed E-state index contributed by atoms with van der Waals surface area (Å²) in [6, 6.07) is 5.76. The van der Waals surface area contributed by atoms with Crippen molar-refractivity contribution in [1.29, 1.82) is 0 Å². The molecule has 2 aliphatic rings. The van der Waals surface area contributed by atoms with Gasteiger partial charge in [-0.15, -0.1) is 12.4 Å². The van der Waals surface area contributed by atoms with Crippen LogP contribution < -0.4 is 0 Å². The minimum absolute atomic E-state index is 0. The summed E-state index contributed by atoms with van der Waals surface area (Å²) in [6.45, 7) is 1.14. The van der Waals surface area contributed by atoms with Crippen LogP contribution in [0.4, 0.5) is 0 Å². The molecule has 1 heterocycles. The molecule has 0 N–H and O–H groups in total. The summed E-state index contributed by atoms with van der Waals surface area (Å²) in [5.74, 6) is 0.167. The average Bonchev–Trinajstić information content (AvgIpc) is 2.92. The third-order valence-corrected chi connectivity index (χ3v) is 6.76. The minimum Gasteiger partial charge on any atom is -0.341 e. The van der Waals surface area contributed by atoms with Crippen LogP contribution in [-0.2, 0) is 11.2 Å². The van der Waals surface area contributed by atoms with E-state index in [9.17, 15) is 4.79 Å². The summed E-state index contributed by atoms with van der Waals surface area (Å²) in [6.07, 6.45) is 7.62. The Morgan fingerprint density at radius 2 is 1.96 bits per heavy atom. The fourth-order valence-electron chi connectivity index (χ4n) is 4.65. The molecule has 1 aliphatic heterocycles. The molecule has 0 unspecified atom stereocenters. The van der Waals surface area contributed by atoms with Gasteiger partial charge in [-0.05, 0) is 57.0 Å².